The quantitative estimate of drug-likeness (QED) is 0.899. The standard InChI is InChI=1S/C15H20N2O2/c1-4-17-8-7-16-15(17)10-19-14-6-5-13(12(3)18)9-11(14)2/h5-9,12,18H,4,10H2,1-3H3/t12-/m0/s1. The molecule has 4 nitrogen and oxygen atoms in total. The molecule has 0 unspecified atom stereocenters. The minimum absolute atomic E-state index is 0.452. The van der Waals surface area contributed by atoms with Gasteiger partial charge in [-0.1, -0.05) is 6.07 Å². The monoisotopic (exact) mass is 260 g/mol. The van der Waals surface area contributed by atoms with Crippen LogP contribution in [0.4, 0.5) is 0 Å². The van der Waals surface area contributed by atoms with Crippen molar-refractivity contribution in [2.24, 2.45) is 0 Å². The van der Waals surface area contributed by atoms with Gasteiger partial charge in [0.05, 0.1) is 6.10 Å². The summed E-state index contributed by atoms with van der Waals surface area (Å²) >= 11 is 0. The molecule has 0 saturated heterocycles. The van der Waals surface area contributed by atoms with Crippen molar-refractivity contribution in [3.8, 4) is 5.75 Å². The SMILES string of the molecule is CCn1ccnc1COc1ccc([C@H](C)O)cc1C. The topological polar surface area (TPSA) is 47.3 Å². The van der Waals surface area contributed by atoms with Crippen LogP contribution in [0, 0.1) is 6.92 Å². The van der Waals surface area contributed by atoms with Crippen LogP contribution in [-0.4, -0.2) is 14.7 Å². The van der Waals surface area contributed by atoms with E-state index in [9.17, 15) is 5.11 Å². The molecule has 0 radical (unpaired) electrons. The van der Waals surface area contributed by atoms with Crippen LogP contribution in [0.1, 0.15) is 36.9 Å². The number of hydrogen-bond donors (Lipinski definition) is 1. The molecule has 1 atom stereocenters. The maximum Gasteiger partial charge on any atom is 0.146 e. The maximum absolute atomic E-state index is 9.53. The van der Waals surface area contributed by atoms with Crippen molar-refractivity contribution in [1.29, 1.82) is 0 Å². The highest BCUT2D eigenvalue weighted by atomic mass is 16.5. The molecule has 2 aromatic rings. The summed E-state index contributed by atoms with van der Waals surface area (Å²) in [4.78, 5) is 4.28. The van der Waals surface area contributed by atoms with E-state index in [2.05, 4.69) is 16.5 Å². The number of rotatable bonds is 5. The molecule has 0 spiro atoms. The van der Waals surface area contributed by atoms with Crippen molar-refractivity contribution in [1.82, 2.24) is 9.55 Å². The Morgan fingerprint density at radius 2 is 2.21 bits per heavy atom. The molecule has 0 aliphatic carbocycles. The normalized spacial score (nSPS) is 12.4. The van der Waals surface area contributed by atoms with Crippen LogP contribution >= 0.6 is 0 Å². The highest BCUT2D eigenvalue weighted by Crippen LogP contribution is 2.23. The van der Waals surface area contributed by atoms with E-state index in [1.807, 2.05) is 31.3 Å². The van der Waals surface area contributed by atoms with E-state index in [0.717, 1.165) is 29.2 Å². The average molecular weight is 260 g/mol. The van der Waals surface area contributed by atoms with Crippen molar-refractivity contribution < 1.29 is 9.84 Å². The molecular weight excluding hydrogens is 240 g/mol. The predicted molar refractivity (Wildman–Crippen MR) is 74.0 cm³/mol. The van der Waals surface area contributed by atoms with Crippen molar-refractivity contribution in [3.05, 3.63) is 47.5 Å². The summed E-state index contributed by atoms with van der Waals surface area (Å²) in [5.41, 5.74) is 1.92. The van der Waals surface area contributed by atoms with Crippen molar-refractivity contribution >= 4 is 0 Å². The molecule has 1 heterocycles. The lowest BCUT2D eigenvalue weighted by Gasteiger charge is -2.12. The number of hydrogen-bond acceptors (Lipinski definition) is 3. The first-order valence-corrected chi connectivity index (χ1v) is 6.53. The zero-order chi connectivity index (χ0) is 13.8. The van der Waals surface area contributed by atoms with Gasteiger partial charge in [-0.05, 0) is 44.0 Å². The molecule has 19 heavy (non-hydrogen) atoms. The first-order valence-electron chi connectivity index (χ1n) is 6.53. The molecule has 1 aromatic carbocycles. The van der Waals surface area contributed by atoms with Crippen LogP contribution in [0.3, 0.4) is 0 Å². The smallest absolute Gasteiger partial charge is 0.146 e. The van der Waals surface area contributed by atoms with E-state index in [-0.39, 0.29) is 0 Å². The van der Waals surface area contributed by atoms with Crippen LogP contribution in [0.5, 0.6) is 5.75 Å². The van der Waals surface area contributed by atoms with Gasteiger partial charge in [0.2, 0.25) is 0 Å². The predicted octanol–water partition coefficient (Wildman–Crippen LogP) is 2.84. The average Bonchev–Trinajstić information content (AvgIpc) is 2.84. The van der Waals surface area contributed by atoms with Gasteiger partial charge < -0.3 is 14.4 Å². The first-order chi connectivity index (χ1) is 9.11. The third kappa shape index (κ3) is 3.15. The van der Waals surface area contributed by atoms with E-state index in [0.29, 0.717) is 6.61 Å². The van der Waals surface area contributed by atoms with E-state index in [1.165, 1.54) is 0 Å². The second-order valence-corrected chi connectivity index (χ2v) is 4.62. The largest absolute Gasteiger partial charge is 0.485 e. The number of nitrogens with zero attached hydrogens (tertiary/aromatic N) is 2. The molecule has 0 bridgehead atoms. The van der Waals surface area contributed by atoms with E-state index in [4.69, 9.17) is 4.74 Å². The lowest BCUT2D eigenvalue weighted by molar-refractivity contribution is 0.199. The molecule has 2 rings (SSSR count). The van der Waals surface area contributed by atoms with Gasteiger partial charge in [-0.2, -0.15) is 0 Å². The summed E-state index contributed by atoms with van der Waals surface area (Å²) in [6.45, 7) is 7.16. The second kappa shape index (κ2) is 5.89. The lowest BCUT2D eigenvalue weighted by Crippen LogP contribution is -2.06. The van der Waals surface area contributed by atoms with Gasteiger partial charge in [0.15, 0.2) is 0 Å². The van der Waals surface area contributed by atoms with E-state index < -0.39 is 6.10 Å². The Bertz CT molecular complexity index is 547. The fourth-order valence-electron chi connectivity index (χ4n) is 2.00. The van der Waals surface area contributed by atoms with Gasteiger partial charge in [-0.15, -0.1) is 0 Å². The highest BCUT2D eigenvalue weighted by Gasteiger charge is 2.07. The fraction of sp³-hybridized carbons (Fsp3) is 0.400. The third-order valence-corrected chi connectivity index (χ3v) is 3.18. The Labute approximate surface area is 113 Å². The summed E-state index contributed by atoms with van der Waals surface area (Å²) in [7, 11) is 0. The minimum Gasteiger partial charge on any atom is -0.485 e. The number of aliphatic hydroxyl groups is 1. The van der Waals surface area contributed by atoms with Gasteiger partial charge >= 0.3 is 0 Å². The summed E-state index contributed by atoms with van der Waals surface area (Å²) < 4.78 is 7.85. The minimum atomic E-state index is -0.452. The molecule has 0 aliphatic rings. The second-order valence-electron chi connectivity index (χ2n) is 4.62. The van der Waals surface area contributed by atoms with Crippen LogP contribution in [0.2, 0.25) is 0 Å². The van der Waals surface area contributed by atoms with Gasteiger partial charge in [0.25, 0.3) is 0 Å². The van der Waals surface area contributed by atoms with Gasteiger partial charge in [-0.3, -0.25) is 0 Å². The molecule has 0 fully saturated rings. The molecule has 4 heteroatoms. The molecule has 0 amide bonds. The van der Waals surface area contributed by atoms with E-state index >= 15 is 0 Å². The number of aromatic nitrogens is 2. The Balaban J connectivity index is 2.08. The number of aliphatic hydroxyl groups excluding tert-OH is 1. The van der Waals surface area contributed by atoms with Crippen LogP contribution in [0.25, 0.3) is 0 Å². The Morgan fingerprint density at radius 1 is 1.42 bits per heavy atom. The van der Waals surface area contributed by atoms with Gasteiger partial charge in [0.1, 0.15) is 18.2 Å². The van der Waals surface area contributed by atoms with E-state index in [1.54, 1.807) is 13.1 Å². The molecule has 1 aromatic heterocycles. The molecule has 102 valence electrons. The van der Waals surface area contributed by atoms with Crippen LogP contribution < -0.4 is 4.74 Å². The number of aryl methyl sites for hydroxylation is 2. The third-order valence-electron chi connectivity index (χ3n) is 3.18. The Kier molecular flexibility index (Phi) is 4.22. The summed E-state index contributed by atoms with van der Waals surface area (Å²) in [5.74, 6) is 1.75. The van der Waals surface area contributed by atoms with Crippen molar-refractivity contribution in [2.75, 3.05) is 0 Å². The Morgan fingerprint density at radius 3 is 2.84 bits per heavy atom. The lowest BCUT2D eigenvalue weighted by atomic mass is 10.1. The molecule has 0 saturated carbocycles. The highest BCUT2D eigenvalue weighted by molar-refractivity contribution is 5.36. The van der Waals surface area contributed by atoms with Gasteiger partial charge in [-0.25, -0.2) is 4.98 Å². The van der Waals surface area contributed by atoms with Crippen molar-refractivity contribution in [3.63, 3.8) is 0 Å². The molecule has 0 aliphatic heterocycles. The van der Waals surface area contributed by atoms with Crippen LogP contribution in [-0.2, 0) is 13.2 Å². The summed E-state index contributed by atoms with van der Waals surface area (Å²) in [5, 5.41) is 9.53. The zero-order valence-electron chi connectivity index (χ0n) is 11.6. The fourth-order valence-corrected chi connectivity index (χ4v) is 2.00. The summed E-state index contributed by atoms with van der Waals surface area (Å²) in [6.07, 6.45) is 3.28. The Hall–Kier alpha value is -1.81. The molecule has 1 N–H and O–H groups in total. The first kappa shape index (κ1) is 13.6. The number of imidazole rings is 1. The van der Waals surface area contributed by atoms with Crippen LogP contribution in [0.15, 0.2) is 30.6 Å². The number of ether oxygens (including phenoxy) is 1. The maximum atomic E-state index is 9.53. The van der Waals surface area contributed by atoms with Crippen molar-refractivity contribution in [2.45, 2.75) is 40.0 Å². The summed E-state index contributed by atoms with van der Waals surface area (Å²) in [6, 6.07) is 5.74. The zero-order valence-corrected chi connectivity index (χ0v) is 11.6. The number of benzene rings is 1. The molecular formula is C15H20N2O2. The van der Waals surface area contributed by atoms with Gasteiger partial charge in [0, 0.05) is 18.9 Å².